The van der Waals surface area contributed by atoms with E-state index in [1.54, 1.807) is 7.05 Å². The summed E-state index contributed by atoms with van der Waals surface area (Å²) in [6.07, 6.45) is -0.997. The van der Waals surface area contributed by atoms with Crippen molar-refractivity contribution in [3.05, 3.63) is 23.9 Å². The molecule has 0 aromatic carbocycles. The largest absolute Gasteiger partial charge is 0.475 e. The maximum Gasteiger partial charge on any atom is 0.421 e. The molecule has 0 amide bonds. The minimum Gasteiger partial charge on any atom is -0.475 e. The first kappa shape index (κ1) is 21.7. The normalized spacial score (nSPS) is 17.8. The van der Waals surface area contributed by atoms with Crippen molar-refractivity contribution in [1.29, 1.82) is 0 Å². The lowest BCUT2D eigenvalue weighted by atomic mass is 10.2. The van der Waals surface area contributed by atoms with Gasteiger partial charge in [0.25, 0.3) is 0 Å². The van der Waals surface area contributed by atoms with E-state index < -0.39 is 17.6 Å². The zero-order valence-electron chi connectivity index (χ0n) is 13.8. The predicted octanol–water partition coefficient (Wildman–Crippen LogP) is 2.44. The topological polar surface area (TPSA) is 67.8 Å². The lowest BCUT2D eigenvalue weighted by molar-refractivity contribution is -0.139. The van der Waals surface area contributed by atoms with Gasteiger partial charge in [-0.2, -0.15) is 13.2 Å². The third kappa shape index (κ3) is 7.22. The summed E-state index contributed by atoms with van der Waals surface area (Å²) in [4.78, 5) is 7.68. The molecule has 0 bridgehead atoms. The van der Waals surface area contributed by atoms with Crippen molar-refractivity contribution in [1.82, 2.24) is 15.6 Å². The fourth-order valence-electron chi connectivity index (χ4n) is 2.28. The summed E-state index contributed by atoms with van der Waals surface area (Å²) in [7, 11) is 1.62. The molecule has 1 saturated heterocycles. The molecule has 1 aliphatic rings. The molecule has 142 valence electrons. The van der Waals surface area contributed by atoms with Crippen LogP contribution in [0.5, 0.6) is 5.88 Å². The molecule has 0 saturated carbocycles. The predicted molar refractivity (Wildman–Crippen MR) is 98.5 cm³/mol. The second kappa shape index (κ2) is 10.6. The van der Waals surface area contributed by atoms with E-state index in [4.69, 9.17) is 9.47 Å². The van der Waals surface area contributed by atoms with Crippen molar-refractivity contribution >= 4 is 29.9 Å². The number of nitrogens with zero attached hydrogens (tertiary/aromatic N) is 2. The van der Waals surface area contributed by atoms with Gasteiger partial charge in [-0.1, -0.05) is 0 Å². The van der Waals surface area contributed by atoms with Gasteiger partial charge in [0.05, 0.1) is 12.6 Å². The Balaban J connectivity index is 0.00000312. The van der Waals surface area contributed by atoms with Gasteiger partial charge in [0.1, 0.15) is 12.2 Å². The van der Waals surface area contributed by atoms with Crippen LogP contribution in [-0.2, 0) is 10.9 Å². The monoisotopic (exact) mass is 474 g/mol. The van der Waals surface area contributed by atoms with E-state index in [0.717, 1.165) is 25.5 Å². The summed E-state index contributed by atoms with van der Waals surface area (Å²) in [5, 5.41) is 6.08. The molecule has 2 N–H and O–H groups in total. The third-order valence-corrected chi connectivity index (χ3v) is 3.45. The molecule has 1 atom stereocenters. The van der Waals surface area contributed by atoms with Gasteiger partial charge in [-0.15, -0.1) is 24.0 Å². The molecule has 25 heavy (non-hydrogen) atoms. The van der Waals surface area contributed by atoms with Crippen LogP contribution in [0.1, 0.15) is 18.4 Å². The average Bonchev–Trinajstić information content (AvgIpc) is 3.07. The van der Waals surface area contributed by atoms with Gasteiger partial charge >= 0.3 is 6.18 Å². The highest BCUT2D eigenvalue weighted by molar-refractivity contribution is 14.0. The number of ether oxygens (including phenoxy) is 2. The Morgan fingerprint density at radius 3 is 2.88 bits per heavy atom. The summed E-state index contributed by atoms with van der Waals surface area (Å²) in [6.45, 7) is 1.73. The molecule has 1 aromatic rings. The van der Waals surface area contributed by atoms with E-state index in [2.05, 4.69) is 20.6 Å². The molecule has 1 aromatic heterocycles. The highest BCUT2D eigenvalue weighted by Gasteiger charge is 2.34. The van der Waals surface area contributed by atoms with Crippen LogP contribution in [0.4, 0.5) is 13.2 Å². The van der Waals surface area contributed by atoms with Gasteiger partial charge in [-0.05, 0) is 25.0 Å². The first-order valence-electron chi connectivity index (χ1n) is 7.72. The van der Waals surface area contributed by atoms with E-state index >= 15 is 0 Å². The Bertz CT molecular complexity index is 552. The van der Waals surface area contributed by atoms with Gasteiger partial charge in [-0.25, -0.2) is 4.98 Å². The van der Waals surface area contributed by atoms with E-state index in [1.807, 2.05) is 0 Å². The van der Waals surface area contributed by atoms with Crippen LogP contribution < -0.4 is 15.4 Å². The molecule has 0 radical (unpaired) electrons. The van der Waals surface area contributed by atoms with Crippen molar-refractivity contribution in [3.63, 3.8) is 0 Å². The Kier molecular flexibility index (Phi) is 9.25. The molecular weight excluding hydrogens is 452 g/mol. The summed E-state index contributed by atoms with van der Waals surface area (Å²) in [6, 6.07) is 2.17. The fraction of sp³-hybridized carbons (Fsp3) is 0.600. The van der Waals surface area contributed by atoms with Gasteiger partial charge < -0.3 is 20.1 Å². The second-order valence-electron chi connectivity index (χ2n) is 5.22. The molecule has 0 aliphatic carbocycles. The molecule has 2 rings (SSSR count). The number of alkyl halides is 3. The highest BCUT2D eigenvalue weighted by Crippen LogP contribution is 2.34. The van der Waals surface area contributed by atoms with Crippen LogP contribution >= 0.6 is 24.0 Å². The smallest absolute Gasteiger partial charge is 0.421 e. The molecule has 1 unspecified atom stereocenters. The van der Waals surface area contributed by atoms with Crippen molar-refractivity contribution in [2.45, 2.75) is 25.1 Å². The van der Waals surface area contributed by atoms with Crippen molar-refractivity contribution in [2.24, 2.45) is 4.99 Å². The quantitative estimate of drug-likeness (QED) is 0.287. The third-order valence-electron chi connectivity index (χ3n) is 3.45. The van der Waals surface area contributed by atoms with Crippen LogP contribution in [0, 0.1) is 0 Å². The fourth-order valence-corrected chi connectivity index (χ4v) is 2.28. The summed E-state index contributed by atoms with van der Waals surface area (Å²) < 4.78 is 49.1. The number of hydrogen-bond donors (Lipinski definition) is 2. The number of hydrogen-bond acceptors (Lipinski definition) is 4. The number of aliphatic imine (C=N–C) groups is 1. The molecule has 6 nitrogen and oxygen atoms in total. The first-order valence-corrected chi connectivity index (χ1v) is 7.72. The number of aromatic nitrogens is 1. The van der Waals surface area contributed by atoms with Crippen LogP contribution in [-0.4, -0.2) is 50.4 Å². The minimum atomic E-state index is -4.49. The summed E-state index contributed by atoms with van der Waals surface area (Å²) >= 11 is 0. The van der Waals surface area contributed by atoms with Crippen molar-refractivity contribution in [3.8, 4) is 5.88 Å². The SMILES string of the molecule is CN=C(NCCOc1ncccc1C(F)(F)F)NCC1CCCO1.I. The maximum atomic E-state index is 12.8. The van der Waals surface area contributed by atoms with Gasteiger partial charge in [0.2, 0.25) is 5.88 Å². The van der Waals surface area contributed by atoms with E-state index in [-0.39, 0.29) is 36.7 Å². The minimum absolute atomic E-state index is 0. The van der Waals surface area contributed by atoms with Crippen LogP contribution in [0.3, 0.4) is 0 Å². The van der Waals surface area contributed by atoms with E-state index in [1.165, 1.54) is 12.3 Å². The van der Waals surface area contributed by atoms with Gasteiger partial charge in [0.15, 0.2) is 5.96 Å². The van der Waals surface area contributed by atoms with E-state index in [9.17, 15) is 13.2 Å². The zero-order valence-corrected chi connectivity index (χ0v) is 16.1. The van der Waals surface area contributed by atoms with Crippen molar-refractivity contribution in [2.75, 3.05) is 33.4 Å². The van der Waals surface area contributed by atoms with E-state index in [0.29, 0.717) is 19.0 Å². The van der Waals surface area contributed by atoms with Gasteiger partial charge in [-0.3, -0.25) is 4.99 Å². The number of pyridine rings is 1. The Morgan fingerprint density at radius 2 is 2.24 bits per heavy atom. The first-order chi connectivity index (χ1) is 11.5. The lowest BCUT2D eigenvalue weighted by Crippen LogP contribution is -2.42. The van der Waals surface area contributed by atoms with Crippen LogP contribution in [0.25, 0.3) is 0 Å². The molecule has 1 aliphatic heterocycles. The lowest BCUT2D eigenvalue weighted by Gasteiger charge is -2.16. The Morgan fingerprint density at radius 1 is 1.44 bits per heavy atom. The number of halogens is 4. The Labute approximate surface area is 161 Å². The summed E-state index contributed by atoms with van der Waals surface area (Å²) in [5.74, 6) is 0.125. The summed E-state index contributed by atoms with van der Waals surface area (Å²) in [5.41, 5.74) is -0.883. The molecule has 10 heteroatoms. The molecular formula is C15H22F3IN4O2. The van der Waals surface area contributed by atoms with Crippen molar-refractivity contribution < 1.29 is 22.6 Å². The number of guanidine groups is 1. The standard InChI is InChI=1S/C15H21F3N4O2.HI/c1-19-14(22-10-11-4-3-8-23-11)21-7-9-24-13-12(15(16,17)18)5-2-6-20-13;/h2,5-6,11H,3-4,7-10H2,1H3,(H2,19,21,22);1H. The maximum absolute atomic E-state index is 12.8. The van der Waals surface area contributed by atoms with Crippen LogP contribution in [0.2, 0.25) is 0 Å². The zero-order chi connectivity index (χ0) is 17.4. The highest BCUT2D eigenvalue weighted by atomic mass is 127. The van der Waals surface area contributed by atoms with Crippen LogP contribution in [0.15, 0.2) is 23.3 Å². The second-order valence-corrected chi connectivity index (χ2v) is 5.22. The average molecular weight is 474 g/mol. The Hall–Kier alpha value is -1.30. The number of rotatable bonds is 6. The molecule has 2 heterocycles. The molecule has 1 fully saturated rings. The number of nitrogens with one attached hydrogen (secondary N) is 2. The molecule has 0 spiro atoms. The van der Waals surface area contributed by atoms with Gasteiger partial charge in [0, 0.05) is 26.4 Å².